The Hall–Kier alpha value is -12.0. The maximum atomic E-state index is 7.05. The monoisotopic (exact) mass is 1310 g/mol. The van der Waals surface area contributed by atoms with Crippen LogP contribution in [0.25, 0.3) is 142 Å². The van der Waals surface area contributed by atoms with Crippen molar-refractivity contribution in [3.8, 4) is 22.3 Å². The Bertz CT molecular complexity index is 6600. The standard InChI is InChI=1S/C98H76N2O2/c1-58(2)81-56-84-86(99(69-42-34-60(5)35-43-69)88-30-18-28-79-72-24-13-15-32-90(72)101-96(79)88)50-48-76-82(59(3)4)57-85-87(51-49-77(81)95(85)94(76)84)100(89-31-19-29-80-73-25-14-16-33-91(73)102-97(80)89)70-44-36-61(37-45-70)52-64-22-17-23-65-54-67(40-46-71(64)65)92-74-26-11-12-27-75(74)93(66-39-38-62-20-9-10-21-63(62)53-66)83-55-68(98(6,7)8)41-47-78(83)92/h9-51,53-59H,52H2,1-8H3. The zero-order chi connectivity index (χ0) is 68.8. The van der Waals surface area contributed by atoms with Crippen molar-refractivity contribution in [2.24, 2.45) is 0 Å². The van der Waals surface area contributed by atoms with Gasteiger partial charge in [-0.05, 0) is 236 Å². The summed E-state index contributed by atoms with van der Waals surface area (Å²) in [7, 11) is 0. The predicted molar refractivity (Wildman–Crippen MR) is 436 cm³/mol. The SMILES string of the molecule is Cc1ccc(N(c2ccc3c(C(C)C)cc4c(N(c5ccc(Cc6cccc7cc(-c8c9ccccc9c(-c9ccc%10ccccc%10c9)c9cc(C(C)(C)C)ccc89)ccc67)cc5)c5cccc6c5oc5ccccc56)ccc5c(C(C)C)cc2c3c54)c2cccc3c2oc2ccccc23)cc1. The highest BCUT2D eigenvalue weighted by Gasteiger charge is 2.30. The molecule has 0 bridgehead atoms. The van der Waals surface area contributed by atoms with E-state index < -0.39 is 0 Å². The van der Waals surface area contributed by atoms with Crippen molar-refractivity contribution in [1.82, 2.24) is 0 Å². The van der Waals surface area contributed by atoms with Crippen molar-refractivity contribution >= 4 is 153 Å². The van der Waals surface area contributed by atoms with E-state index in [4.69, 9.17) is 8.83 Å². The molecule has 0 aliphatic rings. The van der Waals surface area contributed by atoms with Crippen LogP contribution >= 0.6 is 0 Å². The van der Waals surface area contributed by atoms with E-state index in [1.807, 2.05) is 0 Å². The van der Waals surface area contributed by atoms with E-state index in [9.17, 15) is 0 Å². The predicted octanol–water partition coefficient (Wildman–Crippen LogP) is 28.7. The number of nitrogens with zero attached hydrogens (tertiary/aromatic N) is 2. The lowest BCUT2D eigenvalue weighted by Gasteiger charge is -2.31. The number of rotatable bonds is 12. The molecular formula is C98H76N2O2. The maximum absolute atomic E-state index is 7.05. The van der Waals surface area contributed by atoms with Crippen molar-refractivity contribution in [3.63, 3.8) is 0 Å². The van der Waals surface area contributed by atoms with Crippen LogP contribution < -0.4 is 9.80 Å². The lowest BCUT2D eigenvalue weighted by atomic mass is 9.81. The first-order chi connectivity index (χ1) is 49.8. The fourth-order valence-electron chi connectivity index (χ4n) is 16.9. The lowest BCUT2D eigenvalue weighted by Crippen LogP contribution is -2.13. The summed E-state index contributed by atoms with van der Waals surface area (Å²) in [6, 6.07) is 109. The zero-order valence-electron chi connectivity index (χ0n) is 58.8. The number of benzene rings is 17. The summed E-state index contributed by atoms with van der Waals surface area (Å²) in [5, 5.41) is 21.9. The highest BCUT2D eigenvalue weighted by atomic mass is 16.3. The number of para-hydroxylation sites is 4. The van der Waals surface area contributed by atoms with Gasteiger partial charge >= 0.3 is 0 Å². The van der Waals surface area contributed by atoms with Crippen LogP contribution in [0.5, 0.6) is 0 Å². The molecule has 0 spiro atoms. The van der Waals surface area contributed by atoms with Crippen LogP contribution in [0.2, 0.25) is 0 Å². The first kappa shape index (κ1) is 61.1. The Morgan fingerprint density at radius 3 is 1.34 bits per heavy atom. The molecule has 0 aliphatic carbocycles. The van der Waals surface area contributed by atoms with Crippen molar-refractivity contribution in [3.05, 3.63) is 325 Å². The van der Waals surface area contributed by atoms with Crippen LogP contribution in [0, 0.1) is 6.92 Å². The molecule has 0 saturated heterocycles. The Morgan fingerprint density at radius 1 is 0.324 bits per heavy atom. The number of fused-ring (bicyclic) bond motifs is 10. The topological polar surface area (TPSA) is 32.8 Å². The highest BCUT2D eigenvalue weighted by molar-refractivity contribution is 6.31. The van der Waals surface area contributed by atoms with Crippen LogP contribution in [-0.4, -0.2) is 0 Å². The van der Waals surface area contributed by atoms with Gasteiger partial charge < -0.3 is 18.6 Å². The molecule has 0 N–H and O–H groups in total. The van der Waals surface area contributed by atoms with Crippen molar-refractivity contribution < 1.29 is 8.83 Å². The Balaban J connectivity index is 0.766. The van der Waals surface area contributed by atoms with Crippen LogP contribution in [0.3, 0.4) is 0 Å². The van der Waals surface area contributed by atoms with Gasteiger partial charge in [0.25, 0.3) is 0 Å². The normalized spacial score (nSPS) is 12.3. The first-order valence-electron chi connectivity index (χ1n) is 36.1. The molecule has 0 unspecified atom stereocenters. The van der Waals surface area contributed by atoms with Gasteiger partial charge in [0, 0.05) is 43.7 Å². The molecule has 102 heavy (non-hydrogen) atoms. The molecule has 490 valence electrons. The average Bonchev–Trinajstić information content (AvgIpc) is 0.826. The van der Waals surface area contributed by atoms with Gasteiger partial charge in [0.05, 0.1) is 22.7 Å². The third-order valence-electron chi connectivity index (χ3n) is 22.0. The van der Waals surface area contributed by atoms with Crippen LogP contribution in [0.15, 0.2) is 300 Å². The molecule has 19 rings (SSSR count). The number of aryl methyl sites for hydroxylation is 1. The van der Waals surface area contributed by atoms with Gasteiger partial charge in [-0.3, -0.25) is 0 Å². The van der Waals surface area contributed by atoms with Crippen LogP contribution in [-0.2, 0) is 11.8 Å². The van der Waals surface area contributed by atoms with E-state index in [1.165, 1.54) is 131 Å². The third kappa shape index (κ3) is 9.78. The molecule has 0 fully saturated rings. The van der Waals surface area contributed by atoms with Crippen molar-refractivity contribution in [1.29, 1.82) is 0 Å². The van der Waals surface area contributed by atoms with E-state index in [0.717, 1.165) is 84.4 Å². The summed E-state index contributed by atoms with van der Waals surface area (Å²) < 4.78 is 14.0. The molecular weight excluding hydrogens is 1240 g/mol. The Labute approximate surface area is 594 Å². The van der Waals surface area contributed by atoms with E-state index in [0.29, 0.717) is 0 Å². The summed E-state index contributed by atoms with van der Waals surface area (Å²) in [5.74, 6) is 0.422. The molecule has 0 radical (unpaired) electrons. The van der Waals surface area contributed by atoms with E-state index >= 15 is 0 Å². The van der Waals surface area contributed by atoms with Crippen LogP contribution in [0.4, 0.5) is 34.1 Å². The lowest BCUT2D eigenvalue weighted by molar-refractivity contribution is 0.591. The molecule has 19 aromatic rings. The molecule has 0 atom stereocenters. The molecule has 4 nitrogen and oxygen atoms in total. The fraction of sp³-hybridized carbons (Fsp3) is 0.122. The number of hydrogen-bond acceptors (Lipinski definition) is 4. The highest BCUT2D eigenvalue weighted by Crippen LogP contribution is 2.54. The summed E-state index contributed by atoms with van der Waals surface area (Å²) in [6.45, 7) is 18.5. The number of hydrogen-bond donors (Lipinski definition) is 0. The second-order valence-electron chi connectivity index (χ2n) is 29.9. The fourth-order valence-corrected chi connectivity index (χ4v) is 16.9. The minimum Gasteiger partial charge on any atom is -0.454 e. The second-order valence-corrected chi connectivity index (χ2v) is 29.9. The number of anilines is 6. The summed E-state index contributed by atoms with van der Waals surface area (Å²) >= 11 is 0. The third-order valence-corrected chi connectivity index (χ3v) is 22.0. The molecule has 0 saturated carbocycles. The smallest absolute Gasteiger partial charge is 0.159 e. The van der Waals surface area contributed by atoms with Gasteiger partial charge in [-0.2, -0.15) is 0 Å². The average molecular weight is 1310 g/mol. The van der Waals surface area contributed by atoms with Gasteiger partial charge in [0.2, 0.25) is 0 Å². The Morgan fingerprint density at radius 2 is 0.775 bits per heavy atom. The van der Waals surface area contributed by atoms with Crippen molar-refractivity contribution in [2.75, 3.05) is 9.80 Å². The van der Waals surface area contributed by atoms with Crippen molar-refractivity contribution in [2.45, 2.75) is 79.1 Å². The molecule has 0 amide bonds. The van der Waals surface area contributed by atoms with Gasteiger partial charge in [-0.15, -0.1) is 0 Å². The minimum atomic E-state index is -0.0291. The first-order valence-corrected chi connectivity index (χ1v) is 36.1. The summed E-state index contributed by atoms with van der Waals surface area (Å²) in [5.41, 5.74) is 22.4. The summed E-state index contributed by atoms with van der Waals surface area (Å²) in [4.78, 5) is 4.92. The largest absolute Gasteiger partial charge is 0.454 e. The van der Waals surface area contributed by atoms with Gasteiger partial charge in [-0.25, -0.2) is 0 Å². The molecule has 0 aliphatic heterocycles. The Kier molecular flexibility index (Phi) is 14.1. The van der Waals surface area contributed by atoms with E-state index in [-0.39, 0.29) is 17.3 Å². The maximum Gasteiger partial charge on any atom is 0.159 e. The van der Waals surface area contributed by atoms with Gasteiger partial charge in [0.15, 0.2) is 11.2 Å². The summed E-state index contributed by atoms with van der Waals surface area (Å²) in [6.07, 6.45) is 0.763. The molecule has 2 aromatic heterocycles. The second kappa shape index (κ2) is 23.6. The van der Waals surface area contributed by atoms with Crippen LogP contribution in [0.1, 0.15) is 93.7 Å². The zero-order valence-corrected chi connectivity index (χ0v) is 58.8. The molecule has 4 heteroatoms. The molecule has 2 heterocycles. The quantitative estimate of drug-likeness (QED) is 0.0901. The van der Waals surface area contributed by atoms with Gasteiger partial charge in [-0.1, -0.05) is 254 Å². The minimum absolute atomic E-state index is 0.0291. The van der Waals surface area contributed by atoms with Gasteiger partial charge in [0.1, 0.15) is 11.2 Å². The number of furan rings is 2. The van der Waals surface area contributed by atoms with E-state index in [1.54, 1.807) is 0 Å². The molecule has 17 aromatic carbocycles. The van der Waals surface area contributed by atoms with E-state index in [2.05, 4.69) is 356 Å².